The molecule has 3 heterocycles. The minimum absolute atomic E-state index is 0. The van der Waals surface area contributed by atoms with Crippen LogP contribution in [0.15, 0.2) is 108 Å². The number of furan rings is 1. The Balaban J connectivity index is 0.000000290. The van der Waals surface area contributed by atoms with E-state index in [1.165, 1.54) is 35.6 Å². The average Bonchev–Trinajstić information content (AvgIpc) is 3.57. The molecule has 1 saturated carbocycles. The third kappa shape index (κ3) is 8.46. The number of hydrogen-bond acceptors (Lipinski definition) is 3. The molecule has 0 amide bonds. The minimum atomic E-state index is -2.66. The first-order valence-electron chi connectivity index (χ1n) is 21.7. The van der Waals surface area contributed by atoms with Gasteiger partial charge in [0.2, 0.25) is 0 Å². The number of pyridine rings is 2. The first-order chi connectivity index (χ1) is 28.0. The van der Waals surface area contributed by atoms with Crippen LogP contribution in [0.25, 0.3) is 55.6 Å². The molecular weight excluding hydrogens is 848 g/mol. The van der Waals surface area contributed by atoms with Crippen LogP contribution in [0, 0.1) is 37.1 Å². The van der Waals surface area contributed by atoms with Gasteiger partial charge in [-0.2, -0.15) is 0 Å². The van der Waals surface area contributed by atoms with Gasteiger partial charge in [0.25, 0.3) is 0 Å². The maximum absolute atomic E-state index is 12.8. The summed E-state index contributed by atoms with van der Waals surface area (Å²) in [5.74, 6) is -1.29. The second kappa shape index (κ2) is 15.6. The summed E-state index contributed by atoms with van der Waals surface area (Å²) in [6.45, 7) is 5.90. The third-order valence-corrected chi connectivity index (χ3v) is 12.0. The standard InChI is InChI=1S/C33H32NO.C14H15FNSi.Ir/c1-21-18-24(23-14-16-33(3,4)17-15-23)12-13-25(21)29-19-30(34-20-22(29)2)28-10-7-9-27-26-8-5-6-11-31(26)35-32(27)28;1-17(2,3)13-8-9-14(16-10-13)11-4-6-12(15)7-5-11;/h5-9,11-13,18-20,23H,14-17H2,1-4H3;4,6-10H,1-3H3;/q2*-1;/i1D3,2D3,13D,23D;;. The summed E-state index contributed by atoms with van der Waals surface area (Å²) >= 11 is 0. The number of fused-ring (bicyclic) bond motifs is 3. The molecule has 4 aromatic carbocycles. The summed E-state index contributed by atoms with van der Waals surface area (Å²) < 4.78 is 87.3. The fourth-order valence-electron chi connectivity index (χ4n) is 6.68. The molecule has 0 aliphatic heterocycles. The Morgan fingerprint density at radius 3 is 2.34 bits per heavy atom. The fourth-order valence-corrected chi connectivity index (χ4v) is 7.72. The molecule has 1 radical (unpaired) electrons. The van der Waals surface area contributed by atoms with E-state index in [1.54, 1.807) is 18.2 Å². The van der Waals surface area contributed by atoms with Crippen molar-refractivity contribution in [3.63, 3.8) is 0 Å². The van der Waals surface area contributed by atoms with Crippen LogP contribution >= 0.6 is 0 Å². The van der Waals surface area contributed by atoms with E-state index in [0.29, 0.717) is 40.8 Å². The van der Waals surface area contributed by atoms with Gasteiger partial charge in [-0.1, -0.05) is 99.0 Å². The molecule has 273 valence electrons. The monoisotopic (exact) mass is 903 g/mol. The number of para-hydroxylation sites is 1. The summed E-state index contributed by atoms with van der Waals surface area (Å²) in [6, 6.07) is 30.3. The number of halogens is 1. The Hall–Kier alpha value is -4.22. The molecule has 0 unspecified atom stereocenters. The number of aromatic nitrogens is 2. The first kappa shape index (κ1) is 29.2. The van der Waals surface area contributed by atoms with Crippen LogP contribution in [0.5, 0.6) is 0 Å². The van der Waals surface area contributed by atoms with Crippen molar-refractivity contribution >= 4 is 35.2 Å². The second-order valence-corrected chi connectivity index (χ2v) is 20.4. The zero-order valence-electron chi connectivity index (χ0n) is 38.6. The van der Waals surface area contributed by atoms with Crippen LogP contribution in [0.1, 0.15) is 73.1 Å². The minimum Gasteiger partial charge on any atom is -0.501 e. The summed E-state index contributed by atoms with van der Waals surface area (Å²) in [7, 11) is -1.30. The molecule has 0 bridgehead atoms. The largest absolute Gasteiger partial charge is 0.501 e. The van der Waals surface area contributed by atoms with E-state index in [4.69, 9.17) is 14.0 Å². The Bertz CT molecular complexity index is 2680. The van der Waals surface area contributed by atoms with Crippen molar-refractivity contribution in [1.82, 2.24) is 9.97 Å². The van der Waals surface area contributed by atoms with Crippen molar-refractivity contribution in [3.05, 3.63) is 138 Å². The predicted molar refractivity (Wildman–Crippen MR) is 217 cm³/mol. The third-order valence-electron chi connectivity index (χ3n) is 10.0. The quantitative estimate of drug-likeness (QED) is 0.128. The van der Waals surface area contributed by atoms with Gasteiger partial charge in [0, 0.05) is 53.3 Å². The Morgan fingerprint density at radius 2 is 1.64 bits per heavy atom. The molecule has 0 N–H and O–H groups in total. The van der Waals surface area contributed by atoms with Crippen LogP contribution < -0.4 is 5.19 Å². The van der Waals surface area contributed by atoms with Gasteiger partial charge in [-0.3, -0.25) is 4.39 Å². The normalized spacial score (nSPS) is 17.7. The molecule has 6 heteroatoms. The van der Waals surface area contributed by atoms with Crippen LogP contribution in [0.3, 0.4) is 0 Å². The summed E-state index contributed by atoms with van der Waals surface area (Å²) in [5, 5.41) is 3.08. The maximum atomic E-state index is 12.8. The number of aryl methyl sites for hydroxylation is 2. The summed E-state index contributed by atoms with van der Waals surface area (Å²) in [5.41, 5.74) is 4.11. The number of nitrogens with zero attached hydrogens (tertiary/aromatic N) is 2. The van der Waals surface area contributed by atoms with E-state index in [0.717, 1.165) is 34.9 Å². The van der Waals surface area contributed by atoms with E-state index < -0.39 is 27.7 Å². The molecule has 0 atom stereocenters. The predicted octanol–water partition coefficient (Wildman–Crippen LogP) is 12.6. The van der Waals surface area contributed by atoms with Gasteiger partial charge in [0.15, 0.2) is 0 Å². The maximum Gasteiger partial charge on any atom is 0.120 e. The van der Waals surface area contributed by atoms with Crippen molar-refractivity contribution in [3.8, 4) is 33.6 Å². The Morgan fingerprint density at radius 1 is 0.868 bits per heavy atom. The van der Waals surface area contributed by atoms with Gasteiger partial charge in [-0.15, -0.1) is 48.0 Å². The molecular formula is C47H47FIrN2OSi-2. The van der Waals surface area contributed by atoms with Crippen LogP contribution in [0.4, 0.5) is 4.39 Å². The Labute approximate surface area is 339 Å². The first-order valence-corrected chi connectivity index (χ1v) is 21.2. The van der Waals surface area contributed by atoms with Crippen molar-refractivity contribution in [2.45, 2.75) is 78.8 Å². The SMILES string of the molecule is C[Si](C)(C)c1ccc(-c2[c-]cc(F)cc2)nc1.[2H]c1cc(C2([2H])CCC(C)(C)CC2)cc(C([2H])([2H])[2H])c1-c1cc(-c2[c-]ccc3c2oc2ccccc23)ncc1C([2H])([2H])[2H].[Ir]. The molecule has 3 aromatic heterocycles. The molecule has 1 fully saturated rings. The van der Waals surface area contributed by atoms with Gasteiger partial charge < -0.3 is 14.4 Å². The smallest absolute Gasteiger partial charge is 0.120 e. The molecule has 8 rings (SSSR count). The van der Waals surface area contributed by atoms with Gasteiger partial charge in [-0.05, 0) is 101 Å². The number of rotatable bonds is 5. The summed E-state index contributed by atoms with van der Waals surface area (Å²) in [4.78, 5) is 8.90. The van der Waals surface area contributed by atoms with Crippen LogP contribution in [0.2, 0.25) is 19.6 Å². The summed E-state index contributed by atoms with van der Waals surface area (Å²) in [6.07, 6.45) is 5.90. The second-order valence-electron chi connectivity index (χ2n) is 15.4. The van der Waals surface area contributed by atoms with E-state index >= 15 is 0 Å². The van der Waals surface area contributed by atoms with E-state index in [1.807, 2.05) is 42.6 Å². The molecule has 0 spiro atoms. The van der Waals surface area contributed by atoms with E-state index in [-0.39, 0.29) is 59.6 Å². The van der Waals surface area contributed by atoms with Gasteiger partial charge in [-0.25, -0.2) is 0 Å². The number of benzene rings is 4. The molecule has 53 heavy (non-hydrogen) atoms. The molecule has 0 saturated heterocycles. The average molecular weight is 903 g/mol. The topological polar surface area (TPSA) is 38.9 Å². The van der Waals surface area contributed by atoms with Crippen molar-refractivity contribution < 1.29 is 39.9 Å². The fraction of sp³-hybridized carbons (Fsp3) is 0.277. The van der Waals surface area contributed by atoms with Gasteiger partial charge >= 0.3 is 0 Å². The van der Waals surface area contributed by atoms with E-state index in [9.17, 15) is 5.76 Å². The van der Waals surface area contributed by atoms with Crippen molar-refractivity contribution in [1.29, 1.82) is 0 Å². The molecule has 1 aliphatic carbocycles. The van der Waals surface area contributed by atoms with Crippen molar-refractivity contribution in [2.24, 2.45) is 5.41 Å². The van der Waals surface area contributed by atoms with Gasteiger partial charge in [0.1, 0.15) is 5.58 Å². The van der Waals surface area contributed by atoms with Crippen LogP contribution in [-0.2, 0) is 20.1 Å². The molecule has 1 aliphatic rings. The number of hydrogen-bond donors (Lipinski definition) is 0. The van der Waals surface area contributed by atoms with Crippen molar-refractivity contribution in [2.75, 3.05) is 0 Å². The zero-order valence-corrected chi connectivity index (χ0v) is 34.0. The Kier molecular flexibility index (Phi) is 8.60. The van der Waals surface area contributed by atoms with E-state index in [2.05, 4.69) is 61.7 Å². The van der Waals surface area contributed by atoms with Crippen LogP contribution in [-0.4, -0.2) is 18.0 Å². The van der Waals surface area contributed by atoms with Gasteiger partial charge in [0.05, 0.1) is 15.0 Å². The molecule has 3 nitrogen and oxygen atoms in total. The molecule has 7 aromatic rings. The zero-order chi connectivity index (χ0) is 43.4.